The molecular weight excluding hydrogens is 252 g/mol. The third kappa shape index (κ3) is 1.88. The summed E-state index contributed by atoms with van der Waals surface area (Å²) in [5.74, 6) is 0. The highest BCUT2D eigenvalue weighted by molar-refractivity contribution is 6.04. The second kappa shape index (κ2) is 4.92. The van der Waals surface area contributed by atoms with Crippen molar-refractivity contribution in [1.82, 2.24) is 0 Å². The van der Waals surface area contributed by atoms with Crippen molar-refractivity contribution in [2.75, 3.05) is 0 Å². The quantitative estimate of drug-likeness (QED) is 0.714. The minimum atomic E-state index is -0.509. The molecular formula is C16H26N2O2. The molecule has 112 valence electrons. The van der Waals surface area contributed by atoms with Gasteiger partial charge in [0.1, 0.15) is 11.1 Å². The number of nitrogens with zero attached hydrogens (tertiary/aromatic N) is 2. The van der Waals surface area contributed by atoms with Gasteiger partial charge in [-0.05, 0) is 39.5 Å². The van der Waals surface area contributed by atoms with Gasteiger partial charge in [0.05, 0.1) is 12.2 Å². The molecule has 2 N–H and O–H groups in total. The van der Waals surface area contributed by atoms with Crippen LogP contribution in [0.5, 0.6) is 0 Å². The Morgan fingerprint density at radius 1 is 0.800 bits per heavy atom. The van der Waals surface area contributed by atoms with E-state index in [0.29, 0.717) is 0 Å². The molecule has 4 unspecified atom stereocenters. The van der Waals surface area contributed by atoms with Crippen LogP contribution >= 0.6 is 0 Å². The van der Waals surface area contributed by atoms with E-state index in [0.717, 1.165) is 62.8 Å². The van der Waals surface area contributed by atoms with Crippen molar-refractivity contribution in [2.45, 2.75) is 88.5 Å². The molecule has 2 fully saturated rings. The van der Waals surface area contributed by atoms with Crippen LogP contribution in [0.1, 0.15) is 65.2 Å². The van der Waals surface area contributed by atoms with E-state index >= 15 is 0 Å². The summed E-state index contributed by atoms with van der Waals surface area (Å²) in [5.41, 5.74) is 0.836. The molecule has 4 nitrogen and oxygen atoms in total. The fraction of sp³-hybridized carbons (Fsp3) is 0.875. The van der Waals surface area contributed by atoms with Crippen molar-refractivity contribution in [1.29, 1.82) is 0 Å². The first-order valence-corrected chi connectivity index (χ1v) is 8.01. The fourth-order valence-corrected chi connectivity index (χ4v) is 4.33. The molecule has 1 heterocycles. The van der Waals surface area contributed by atoms with Gasteiger partial charge in [-0.2, -0.15) is 0 Å². The number of hydrogen-bond donors (Lipinski definition) is 2. The van der Waals surface area contributed by atoms with Gasteiger partial charge in [-0.3, -0.25) is 9.98 Å². The van der Waals surface area contributed by atoms with Crippen molar-refractivity contribution in [3.63, 3.8) is 0 Å². The van der Waals surface area contributed by atoms with Crippen molar-refractivity contribution < 1.29 is 10.2 Å². The third-order valence-electron chi connectivity index (χ3n) is 5.66. The molecule has 3 rings (SSSR count). The first-order valence-electron chi connectivity index (χ1n) is 8.01. The molecule has 20 heavy (non-hydrogen) atoms. The molecule has 0 radical (unpaired) electrons. The van der Waals surface area contributed by atoms with Crippen LogP contribution in [0, 0.1) is 0 Å². The zero-order valence-corrected chi connectivity index (χ0v) is 12.6. The topological polar surface area (TPSA) is 65.2 Å². The SMILES string of the molecule is CC1=NC2(CCCCC2O)C(C)=NC12CCCCC2O. The van der Waals surface area contributed by atoms with E-state index in [4.69, 9.17) is 9.98 Å². The van der Waals surface area contributed by atoms with E-state index < -0.39 is 23.3 Å². The van der Waals surface area contributed by atoms with Crippen LogP contribution in [-0.4, -0.2) is 44.9 Å². The van der Waals surface area contributed by atoms with E-state index in [9.17, 15) is 10.2 Å². The molecule has 4 heteroatoms. The van der Waals surface area contributed by atoms with E-state index in [1.165, 1.54) is 0 Å². The Hall–Kier alpha value is -0.740. The van der Waals surface area contributed by atoms with Gasteiger partial charge in [0, 0.05) is 11.4 Å². The summed E-state index contributed by atoms with van der Waals surface area (Å²) >= 11 is 0. The van der Waals surface area contributed by atoms with Crippen molar-refractivity contribution in [2.24, 2.45) is 9.98 Å². The van der Waals surface area contributed by atoms with E-state index in [2.05, 4.69) is 0 Å². The summed E-state index contributed by atoms with van der Waals surface area (Å²) in [6.07, 6.45) is 6.85. The molecule has 2 aliphatic carbocycles. The first kappa shape index (κ1) is 14.2. The highest BCUT2D eigenvalue weighted by Gasteiger charge is 2.51. The fourth-order valence-electron chi connectivity index (χ4n) is 4.33. The van der Waals surface area contributed by atoms with E-state index in [1.54, 1.807) is 0 Å². The molecule has 0 aromatic rings. The minimum Gasteiger partial charge on any atom is -0.390 e. The summed E-state index contributed by atoms with van der Waals surface area (Å²) in [6.45, 7) is 3.99. The monoisotopic (exact) mass is 278 g/mol. The lowest BCUT2D eigenvalue weighted by Crippen LogP contribution is -2.59. The maximum atomic E-state index is 10.5. The Morgan fingerprint density at radius 3 is 1.55 bits per heavy atom. The second-order valence-electron chi connectivity index (χ2n) is 6.77. The normalized spacial score (nSPS) is 45.4. The smallest absolute Gasteiger partial charge is 0.124 e. The standard InChI is InChI=1S/C16H26N2O2/c1-11-15(9-5-3-7-13(15)19)18-12(2)16(17-11)10-6-4-8-14(16)20/h13-14,19-20H,3-10H2,1-2H3. The van der Waals surface area contributed by atoms with Crippen molar-refractivity contribution in [3.05, 3.63) is 0 Å². The molecule has 4 atom stereocenters. The van der Waals surface area contributed by atoms with Gasteiger partial charge in [-0.25, -0.2) is 0 Å². The summed E-state index contributed by atoms with van der Waals surface area (Å²) in [6, 6.07) is 0. The van der Waals surface area contributed by atoms with Gasteiger partial charge >= 0.3 is 0 Å². The lowest BCUT2D eigenvalue weighted by Gasteiger charge is -2.48. The average molecular weight is 278 g/mol. The van der Waals surface area contributed by atoms with Crippen LogP contribution in [-0.2, 0) is 0 Å². The zero-order chi connectivity index (χ0) is 14.4. The van der Waals surface area contributed by atoms with Crippen molar-refractivity contribution >= 4 is 11.4 Å². The number of rotatable bonds is 0. The molecule has 1 aliphatic heterocycles. The van der Waals surface area contributed by atoms with E-state index in [-0.39, 0.29) is 0 Å². The van der Waals surface area contributed by atoms with Gasteiger partial charge < -0.3 is 10.2 Å². The Kier molecular flexibility index (Phi) is 3.49. The third-order valence-corrected chi connectivity index (χ3v) is 5.66. The molecule has 0 saturated heterocycles. The number of aliphatic hydroxyl groups is 2. The molecule has 0 aromatic carbocycles. The Bertz CT molecular complexity index is 417. The minimum absolute atomic E-state index is 0.423. The Morgan fingerprint density at radius 2 is 1.20 bits per heavy atom. The summed E-state index contributed by atoms with van der Waals surface area (Å²) in [7, 11) is 0. The van der Waals surface area contributed by atoms with Crippen LogP contribution in [0.3, 0.4) is 0 Å². The first-order chi connectivity index (χ1) is 9.51. The van der Waals surface area contributed by atoms with Crippen molar-refractivity contribution in [3.8, 4) is 0 Å². The summed E-state index contributed by atoms with van der Waals surface area (Å²) in [4.78, 5) is 9.88. The maximum Gasteiger partial charge on any atom is 0.124 e. The largest absolute Gasteiger partial charge is 0.390 e. The van der Waals surface area contributed by atoms with Gasteiger partial charge in [0.2, 0.25) is 0 Å². The van der Waals surface area contributed by atoms with E-state index in [1.807, 2.05) is 13.8 Å². The number of aliphatic hydroxyl groups excluding tert-OH is 2. The van der Waals surface area contributed by atoms with Crippen LogP contribution in [0.2, 0.25) is 0 Å². The van der Waals surface area contributed by atoms with Gasteiger partial charge in [0.25, 0.3) is 0 Å². The van der Waals surface area contributed by atoms with Crippen LogP contribution in [0.15, 0.2) is 9.98 Å². The van der Waals surface area contributed by atoms with Crippen LogP contribution in [0.4, 0.5) is 0 Å². The lowest BCUT2D eigenvalue weighted by molar-refractivity contribution is 0.0646. The molecule has 2 spiro atoms. The zero-order valence-electron chi connectivity index (χ0n) is 12.6. The Labute approximate surface area is 121 Å². The summed E-state index contributed by atoms with van der Waals surface area (Å²) < 4.78 is 0. The predicted molar refractivity (Wildman–Crippen MR) is 80.6 cm³/mol. The molecule has 2 saturated carbocycles. The highest BCUT2D eigenvalue weighted by Crippen LogP contribution is 2.42. The molecule has 0 bridgehead atoms. The second-order valence-corrected chi connectivity index (χ2v) is 6.77. The summed E-state index contributed by atoms with van der Waals surface area (Å²) in [5, 5.41) is 20.9. The van der Waals surface area contributed by atoms with Gasteiger partial charge in [0.15, 0.2) is 0 Å². The number of aliphatic imine (C=N–C) groups is 2. The predicted octanol–water partition coefficient (Wildman–Crippen LogP) is 2.27. The van der Waals surface area contributed by atoms with Crippen LogP contribution in [0.25, 0.3) is 0 Å². The van der Waals surface area contributed by atoms with Crippen LogP contribution < -0.4 is 0 Å². The van der Waals surface area contributed by atoms with Gasteiger partial charge in [-0.15, -0.1) is 0 Å². The Balaban J connectivity index is 2.01. The highest BCUT2D eigenvalue weighted by atomic mass is 16.3. The maximum absolute atomic E-state index is 10.5. The lowest BCUT2D eigenvalue weighted by atomic mass is 9.70. The number of hydrogen-bond acceptors (Lipinski definition) is 4. The van der Waals surface area contributed by atoms with Gasteiger partial charge in [-0.1, -0.05) is 25.7 Å². The molecule has 0 amide bonds. The molecule has 0 aromatic heterocycles. The molecule has 3 aliphatic rings. The average Bonchev–Trinajstić information content (AvgIpc) is 2.42.